The van der Waals surface area contributed by atoms with Crippen molar-refractivity contribution >= 4 is 5.82 Å². The second-order valence-corrected chi connectivity index (χ2v) is 5.21. The number of piperidine rings is 1. The van der Waals surface area contributed by atoms with Gasteiger partial charge in [0.2, 0.25) is 0 Å². The molecule has 4 nitrogen and oxygen atoms in total. The number of hydrogen-bond acceptors (Lipinski definition) is 4. The molecule has 18 heavy (non-hydrogen) atoms. The van der Waals surface area contributed by atoms with Gasteiger partial charge in [-0.3, -0.25) is 4.98 Å². The van der Waals surface area contributed by atoms with Crippen molar-refractivity contribution in [3.63, 3.8) is 0 Å². The molecule has 1 fully saturated rings. The van der Waals surface area contributed by atoms with Crippen LogP contribution in [0.25, 0.3) is 0 Å². The van der Waals surface area contributed by atoms with Crippen LogP contribution < -0.4 is 10.2 Å². The van der Waals surface area contributed by atoms with Gasteiger partial charge in [0, 0.05) is 19.6 Å². The Morgan fingerprint density at radius 2 is 2.06 bits per heavy atom. The maximum atomic E-state index is 4.53. The van der Waals surface area contributed by atoms with Crippen molar-refractivity contribution in [2.75, 3.05) is 24.5 Å². The van der Waals surface area contributed by atoms with E-state index < -0.39 is 0 Å². The molecule has 0 aromatic carbocycles. The number of anilines is 1. The van der Waals surface area contributed by atoms with Gasteiger partial charge in [-0.05, 0) is 31.7 Å². The van der Waals surface area contributed by atoms with Crippen molar-refractivity contribution in [3.8, 4) is 0 Å². The fraction of sp³-hybridized carbons (Fsp3) is 0.714. The maximum Gasteiger partial charge on any atom is 0.147 e. The molecule has 100 valence electrons. The summed E-state index contributed by atoms with van der Waals surface area (Å²) in [5.41, 5.74) is 1.03. The van der Waals surface area contributed by atoms with Crippen LogP contribution in [0.1, 0.15) is 38.8 Å². The summed E-state index contributed by atoms with van der Waals surface area (Å²) in [6.07, 6.45) is 7.50. The minimum absolute atomic E-state index is 0.818. The molecule has 1 aliphatic heterocycles. The number of rotatable bonds is 5. The first-order valence-electron chi connectivity index (χ1n) is 7.06. The van der Waals surface area contributed by atoms with E-state index in [1.165, 1.54) is 12.8 Å². The van der Waals surface area contributed by atoms with Crippen LogP contribution in [0.5, 0.6) is 0 Å². The number of hydrogen-bond donors (Lipinski definition) is 1. The van der Waals surface area contributed by atoms with Gasteiger partial charge in [0.25, 0.3) is 0 Å². The Balaban J connectivity index is 1.87. The third-order valence-electron chi connectivity index (χ3n) is 3.53. The van der Waals surface area contributed by atoms with Crippen LogP contribution in [-0.2, 0) is 6.54 Å². The molecule has 0 saturated carbocycles. The minimum atomic E-state index is 0.818. The van der Waals surface area contributed by atoms with Crippen molar-refractivity contribution < 1.29 is 0 Å². The molecule has 4 heteroatoms. The standard InChI is InChI=1S/C14H24N4/c1-3-6-15-9-13-10-17-14(11-16-13)18-7-4-12(2)5-8-18/h10-12,15H,3-9H2,1-2H3. The predicted molar refractivity (Wildman–Crippen MR) is 74.6 cm³/mol. The third-order valence-corrected chi connectivity index (χ3v) is 3.53. The summed E-state index contributed by atoms with van der Waals surface area (Å²) >= 11 is 0. The lowest BCUT2D eigenvalue weighted by Gasteiger charge is -2.30. The van der Waals surface area contributed by atoms with Crippen molar-refractivity contribution in [2.24, 2.45) is 5.92 Å². The van der Waals surface area contributed by atoms with Crippen LogP contribution in [0, 0.1) is 5.92 Å². The van der Waals surface area contributed by atoms with E-state index >= 15 is 0 Å². The molecule has 1 N–H and O–H groups in total. The second-order valence-electron chi connectivity index (χ2n) is 5.21. The van der Waals surface area contributed by atoms with Crippen LogP contribution in [-0.4, -0.2) is 29.6 Å². The van der Waals surface area contributed by atoms with E-state index in [-0.39, 0.29) is 0 Å². The topological polar surface area (TPSA) is 41.1 Å². The first kappa shape index (κ1) is 13.3. The Bertz CT molecular complexity index is 341. The van der Waals surface area contributed by atoms with Gasteiger partial charge in [0.1, 0.15) is 5.82 Å². The molecule has 1 aliphatic rings. The van der Waals surface area contributed by atoms with Gasteiger partial charge in [0.15, 0.2) is 0 Å². The minimum Gasteiger partial charge on any atom is -0.355 e. The van der Waals surface area contributed by atoms with E-state index in [1.54, 1.807) is 0 Å². The highest BCUT2D eigenvalue weighted by atomic mass is 15.2. The summed E-state index contributed by atoms with van der Waals surface area (Å²) in [6.45, 7) is 8.57. The third kappa shape index (κ3) is 3.67. The normalized spacial score (nSPS) is 17.1. The van der Waals surface area contributed by atoms with Crippen molar-refractivity contribution in [1.82, 2.24) is 15.3 Å². The van der Waals surface area contributed by atoms with Gasteiger partial charge in [-0.15, -0.1) is 0 Å². The Morgan fingerprint density at radius 1 is 1.28 bits per heavy atom. The van der Waals surface area contributed by atoms with E-state index in [0.717, 1.165) is 50.0 Å². The number of nitrogens with one attached hydrogen (secondary N) is 1. The zero-order chi connectivity index (χ0) is 12.8. The average Bonchev–Trinajstić information content (AvgIpc) is 2.41. The largest absolute Gasteiger partial charge is 0.355 e. The van der Waals surface area contributed by atoms with Gasteiger partial charge >= 0.3 is 0 Å². The molecule has 2 heterocycles. The molecular formula is C14H24N4. The van der Waals surface area contributed by atoms with Crippen LogP contribution in [0.2, 0.25) is 0 Å². The van der Waals surface area contributed by atoms with Gasteiger partial charge in [-0.1, -0.05) is 13.8 Å². The predicted octanol–water partition coefficient (Wildman–Crippen LogP) is 2.21. The van der Waals surface area contributed by atoms with E-state index in [1.807, 2.05) is 12.4 Å². The quantitative estimate of drug-likeness (QED) is 0.811. The SMILES string of the molecule is CCCNCc1cnc(N2CCC(C)CC2)cn1. The van der Waals surface area contributed by atoms with Gasteiger partial charge in [-0.25, -0.2) is 4.98 Å². The van der Waals surface area contributed by atoms with Gasteiger partial charge in [0.05, 0.1) is 18.1 Å². The second kappa shape index (κ2) is 6.69. The molecule has 1 saturated heterocycles. The Labute approximate surface area is 110 Å². The molecule has 0 unspecified atom stereocenters. The lowest BCUT2D eigenvalue weighted by atomic mass is 9.99. The van der Waals surface area contributed by atoms with Crippen molar-refractivity contribution in [1.29, 1.82) is 0 Å². The zero-order valence-electron chi connectivity index (χ0n) is 11.5. The highest BCUT2D eigenvalue weighted by Crippen LogP contribution is 2.20. The van der Waals surface area contributed by atoms with E-state index in [2.05, 4.69) is 34.0 Å². The summed E-state index contributed by atoms with van der Waals surface area (Å²) in [6, 6.07) is 0. The van der Waals surface area contributed by atoms with E-state index in [4.69, 9.17) is 0 Å². The lowest BCUT2D eigenvalue weighted by Crippen LogP contribution is -2.33. The molecule has 0 aliphatic carbocycles. The Hall–Kier alpha value is -1.16. The summed E-state index contributed by atoms with van der Waals surface area (Å²) in [4.78, 5) is 11.4. The molecule has 0 spiro atoms. The van der Waals surface area contributed by atoms with Crippen molar-refractivity contribution in [2.45, 2.75) is 39.7 Å². The molecule has 1 aromatic rings. The van der Waals surface area contributed by atoms with Crippen LogP contribution in [0.4, 0.5) is 5.82 Å². The van der Waals surface area contributed by atoms with E-state index in [9.17, 15) is 0 Å². The highest BCUT2D eigenvalue weighted by Gasteiger charge is 2.16. The first-order valence-corrected chi connectivity index (χ1v) is 7.06. The zero-order valence-corrected chi connectivity index (χ0v) is 11.5. The smallest absolute Gasteiger partial charge is 0.147 e. The van der Waals surface area contributed by atoms with Gasteiger partial charge in [-0.2, -0.15) is 0 Å². The van der Waals surface area contributed by atoms with Crippen LogP contribution in [0.3, 0.4) is 0 Å². The summed E-state index contributed by atoms with van der Waals surface area (Å²) in [5.74, 6) is 1.88. The van der Waals surface area contributed by atoms with Crippen LogP contribution in [0.15, 0.2) is 12.4 Å². The molecule has 0 bridgehead atoms. The molecular weight excluding hydrogens is 224 g/mol. The molecule has 0 amide bonds. The molecule has 2 rings (SSSR count). The van der Waals surface area contributed by atoms with Crippen LogP contribution >= 0.6 is 0 Å². The van der Waals surface area contributed by atoms with Crippen molar-refractivity contribution in [3.05, 3.63) is 18.1 Å². The number of aromatic nitrogens is 2. The molecule has 0 radical (unpaired) electrons. The fourth-order valence-corrected chi connectivity index (χ4v) is 2.23. The monoisotopic (exact) mass is 248 g/mol. The Kier molecular flexibility index (Phi) is 4.93. The lowest BCUT2D eigenvalue weighted by molar-refractivity contribution is 0.436. The fourth-order valence-electron chi connectivity index (χ4n) is 2.23. The highest BCUT2D eigenvalue weighted by molar-refractivity contribution is 5.36. The Morgan fingerprint density at radius 3 is 2.67 bits per heavy atom. The first-order chi connectivity index (χ1) is 8.79. The van der Waals surface area contributed by atoms with E-state index in [0.29, 0.717) is 0 Å². The summed E-state index contributed by atoms with van der Waals surface area (Å²) in [7, 11) is 0. The maximum absolute atomic E-state index is 4.53. The van der Waals surface area contributed by atoms with Gasteiger partial charge < -0.3 is 10.2 Å². The number of nitrogens with zero attached hydrogens (tertiary/aromatic N) is 3. The molecule has 1 aromatic heterocycles. The summed E-state index contributed by atoms with van der Waals surface area (Å²) in [5, 5.41) is 3.34. The average molecular weight is 248 g/mol. The molecule has 0 atom stereocenters. The summed E-state index contributed by atoms with van der Waals surface area (Å²) < 4.78 is 0.